The Morgan fingerprint density at radius 3 is 2.53 bits per heavy atom. The molecule has 0 radical (unpaired) electrons. The fourth-order valence-electron chi connectivity index (χ4n) is 2.02. The maximum absolute atomic E-state index is 11.9. The van der Waals surface area contributed by atoms with Gasteiger partial charge in [-0.2, -0.15) is 0 Å². The molecular formula is C16H22O3. The molecule has 0 bridgehead atoms. The van der Waals surface area contributed by atoms with E-state index < -0.39 is 11.6 Å². The molecule has 1 aromatic rings. The number of benzene rings is 1. The van der Waals surface area contributed by atoms with Crippen molar-refractivity contribution in [3.05, 3.63) is 48.0 Å². The fourth-order valence-corrected chi connectivity index (χ4v) is 2.02. The van der Waals surface area contributed by atoms with E-state index in [9.17, 15) is 9.90 Å². The van der Waals surface area contributed by atoms with E-state index in [0.29, 0.717) is 12.8 Å². The Hall–Kier alpha value is -1.61. The van der Waals surface area contributed by atoms with E-state index in [1.165, 1.54) is 0 Å². The smallest absolute Gasteiger partial charge is 0.338 e. The topological polar surface area (TPSA) is 46.5 Å². The van der Waals surface area contributed by atoms with Crippen LogP contribution in [-0.2, 0) is 16.0 Å². The van der Waals surface area contributed by atoms with Gasteiger partial charge in [0.25, 0.3) is 0 Å². The van der Waals surface area contributed by atoms with Gasteiger partial charge < -0.3 is 9.84 Å². The number of hydrogen-bond acceptors (Lipinski definition) is 3. The second-order valence-electron chi connectivity index (χ2n) is 4.87. The molecule has 0 heterocycles. The summed E-state index contributed by atoms with van der Waals surface area (Å²) in [5, 5.41) is 10.5. The van der Waals surface area contributed by atoms with Gasteiger partial charge in [0.2, 0.25) is 0 Å². The zero-order chi connectivity index (χ0) is 14.3. The molecule has 0 aliphatic heterocycles. The van der Waals surface area contributed by atoms with Gasteiger partial charge in [-0.25, -0.2) is 4.79 Å². The molecule has 104 valence electrons. The third-order valence-electron chi connectivity index (χ3n) is 2.92. The number of esters is 1. The summed E-state index contributed by atoms with van der Waals surface area (Å²) in [5.41, 5.74) is 0.382. The van der Waals surface area contributed by atoms with E-state index in [1.807, 2.05) is 30.3 Å². The summed E-state index contributed by atoms with van der Waals surface area (Å²) in [6, 6.07) is 9.78. The number of rotatable bonds is 7. The molecule has 19 heavy (non-hydrogen) atoms. The molecule has 0 fully saturated rings. The third kappa shape index (κ3) is 4.87. The first-order valence-corrected chi connectivity index (χ1v) is 6.56. The van der Waals surface area contributed by atoms with Crippen molar-refractivity contribution in [1.82, 2.24) is 0 Å². The molecule has 3 nitrogen and oxygen atoms in total. The molecule has 0 saturated heterocycles. The highest BCUT2D eigenvalue weighted by Gasteiger charge is 2.36. The fraction of sp³-hybridized carbons (Fsp3) is 0.438. The number of aryl methyl sites for hydroxylation is 1. The lowest BCUT2D eigenvalue weighted by Crippen LogP contribution is -2.41. The molecule has 0 aromatic heterocycles. The van der Waals surface area contributed by atoms with Crippen molar-refractivity contribution in [3.8, 4) is 0 Å². The monoisotopic (exact) mass is 262 g/mol. The van der Waals surface area contributed by atoms with Crippen molar-refractivity contribution >= 4 is 5.97 Å². The summed E-state index contributed by atoms with van der Waals surface area (Å²) in [6.45, 7) is 7.57. The highest BCUT2D eigenvalue weighted by Crippen LogP contribution is 2.24. The first kappa shape index (κ1) is 15.4. The van der Waals surface area contributed by atoms with Crippen LogP contribution < -0.4 is 0 Å². The molecule has 1 aromatic carbocycles. The van der Waals surface area contributed by atoms with Crippen LogP contribution in [0.4, 0.5) is 0 Å². The number of ether oxygens (including phenoxy) is 1. The van der Waals surface area contributed by atoms with Gasteiger partial charge in [0.05, 0.1) is 6.61 Å². The molecule has 1 N–H and O–H groups in total. The van der Waals surface area contributed by atoms with Crippen LogP contribution in [0.15, 0.2) is 42.5 Å². The minimum atomic E-state index is -1.47. The van der Waals surface area contributed by atoms with Gasteiger partial charge in [-0.05, 0) is 32.3 Å². The highest BCUT2D eigenvalue weighted by atomic mass is 16.5. The highest BCUT2D eigenvalue weighted by molar-refractivity contribution is 5.79. The molecule has 0 saturated carbocycles. The Morgan fingerprint density at radius 1 is 1.37 bits per heavy atom. The summed E-state index contributed by atoms with van der Waals surface area (Å²) in [7, 11) is 0. The van der Waals surface area contributed by atoms with Crippen molar-refractivity contribution in [2.45, 2.75) is 38.7 Å². The molecule has 3 heteroatoms. The predicted molar refractivity (Wildman–Crippen MR) is 75.8 cm³/mol. The quantitative estimate of drug-likeness (QED) is 0.607. The van der Waals surface area contributed by atoms with Crippen LogP contribution in [0, 0.1) is 0 Å². The second kappa shape index (κ2) is 7.10. The van der Waals surface area contributed by atoms with Gasteiger partial charge in [-0.1, -0.05) is 35.9 Å². The minimum Gasteiger partial charge on any atom is -0.464 e. The first-order chi connectivity index (χ1) is 8.98. The average Bonchev–Trinajstić information content (AvgIpc) is 2.37. The van der Waals surface area contributed by atoms with Crippen LogP contribution in [0.3, 0.4) is 0 Å². The van der Waals surface area contributed by atoms with E-state index in [0.717, 1.165) is 11.1 Å². The SMILES string of the molecule is C=C(C)C[C@@](O)(CCc1ccccc1)C(=O)OCC. The van der Waals surface area contributed by atoms with Gasteiger partial charge in [0.15, 0.2) is 5.60 Å². The van der Waals surface area contributed by atoms with Crippen molar-refractivity contribution in [2.75, 3.05) is 6.61 Å². The number of carbonyl (C=O) groups excluding carboxylic acids is 1. The third-order valence-corrected chi connectivity index (χ3v) is 2.92. The Bertz CT molecular complexity index is 425. The van der Waals surface area contributed by atoms with Crippen LogP contribution in [0.2, 0.25) is 0 Å². The predicted octanol–water partition coefficient (Wildman–Crippen LogP) is 2.88. The largest absolute Gasteiger partial charge is 0.464 e. The molecule has 1 rings (SSSR count). The Kier molecular flexibility index (Phi) is 5.77. The lowest BCUT2D eigenvalue weighted by atomic mass is 9.89. The number of hydrogen-bond donors (Lipinski definition) is 1. The Balaban J connectivity index is 2.74. The van der Waals surface area contributed by atoms with Crippen molar-refractivity contribution in [3.63, 3.8) is 0 Å². The average molecular weight is 262 g/mol. The van der Waals surface area contributed by atoms with Gasteiger partial charge >= 0.3 is 5.97 Å². The number of aliphatic hydroxyl groups is 1. The van der Waals surface area contributed by atoms with E-state index in [2.05, 4.69) is 6.58 Å². The Morgan fingerprint density at radius 2 is 2.00 bits per heavy atom. The zero-order valence-electron chi connectivity index (χ0n) is 11.7. The van der Waals surface area contributed by atoms with Crippen LogP contribution in [0.1, 0.15) is 32.3 Å². The van der Waals surface area contributed by atoms with Crippen molar-refractivity contribution in [2.24, 2.45) is 0 Å². The summed E-state index contributed by atoms with van der Waals surface area (Å²) in [6.07, 6.45) is 1.20. The van der Waals surface area contributed by atoms with Crippen LogP contribution in [0.5, 0.6) is 0 Å². The maximum atomic E-state index is 11.9. The van der Waals surface area contributed by atoms with E-state index in [4.69, 9.17) is 4.74 Å². The van der Waals surface area contributed by atoms with Gasteiger partial charge in [-0.3, -0.25) is 0 Å². The molecular weight excluding hydrogens is 240 g/mol. The summed E-state index contributed by atoms with van der Waals surface area (Å²) in [4.78, 5) is 11.9. The van der Waals surface area contributed by atoms with Crippen molar-refractivity contribution < 1.29 is 14.6 Å². The van der Waals surface area contributed by atoms with E-state index in [-0.39, 0.29) is 13.0 Å². The normalized spacial score (nSPS) is 13.6. The van der Waals surface area contributed by atoms with Gasteiger partial charge in [0.1, 0.15) is 0 Å². The summed E-state index contributed by atoms with van der Waals surface area (Å²) in [5.74, 6) is -0.561. The second-order valence-corrected chi connectivity index (χ2v) is 4.87. The molecule has 0 unspecified atom stereocenters. The van der Waals surface area contributed by atoms with Crippen molar-refractivity contribution in [1.29, 1.82) is 0 Å². The minimum absolute atomic E-state index is 0.235. The van der Waals surface area contributed by atoms with E-state index in [1.54, 1.807) is 13.8 Å². The van der Waals surface area contributed by atoms with Gasteiger partial charge in [0, 0.05) is 6.42 Å². The van der Waals surface area contributed by atoms with Crippen LogP contribution >= 0.6 is 0 Å². The standard InChI is InChI=1S/C16H22O3/c1-4-19-15(17)16(18,12-13(2)3)11-10-14-8-6-5-7-9-14/h5-9,18H,2,4,10-12H2,1,3H3/t16-/m0/s1. The molecule has 0 amide bonds. The number of carbonyl (C=O) groups is 1. The van der Waals surface area contributed by atoms with E-state index >= 15 is 0 Å². The van der Waals surface area contributed by atoms with Crippen LogP contribution in [0.25, 0.3) is 0 Å². The molecule has 0 aliphatic rings. The summed E-state index contributed by atoms with van der Waals surface area (Å²) < 4.78 is 4.97. The summed E-state index contributed by atoms with van der Waals surface area (Å²) >= 11 is 0. The van der Waals surface area contributed by atoms with Crippen LogP contribution in [-0.4, -0.2) is 23.3 Å². The zero-order valence-corrected chi connectivity index (χ0v) is 11.7. The molecule has 0 aliphatic carbocycles. The lowest BCUT2D eigenvalue weighted by Gasteiger charge is -2.26. The molecule has 1 atom stereocenters. The Labute approximate surface area is 114 Å². The molecule has 0 spiro atoms. The maximum Gasteiger partial charge on any atom is 0.338 e. The van der Waals surface area contributed by atoms with Gasteiger partial charge in [-0.15, -0.1) is 6.58 Å². The first-order valence-electron chi connectivity index (χ1n) is 6.56. The lowest BCUT2D eigenvalue weighted by molar-refractivity contribution is -0.165.